The maximum absolute atomic E-state index is 11.9. The predicted octanol–water partition coefficient (Wildman–Crippen LogP) is 2.66. The molecule has 2 aromatic rings. The van der Waals surface area contributed by atoms with E-state index in [1.807, 2.05) is 30.3 Å². The van der Waals surface area contributed by atoms with Gasteiger partial charge in [0.15, 0.2) is 6.10 Å². The summed E-state index contributed by atoms with van der Waals surface area (Å²) in [6.45, 7) is 1.15. The Balaban J connectivity index is 1.87. The van der Waals surface area contributed by atoms with Crippen LogP contribution in [0.5, 0.6) is 11.5 Å². The van der Waals surface area contributed by atoms with Crippen LogP contribution in [0.1, 0.15) is 17.3 Å². The topological polar surface area (TPSA) is 88.4 Å². The van der Waals surface area contributed by atoms with Crippen LogP contribution in [-0.4, -0.2) is 24.5 Å². The van der Waals surface area contributed by atoms with E-state index in [9.17, 15) is 9.59 Å². The van der Waals surface area contributed by atoms with E-state index in [1.54, 1.807) is 30.3 Å². The van der Waals surface area contributed by atoms with Gasteiger partial charge in [-0.1, -0.05) is 18.2 Å². The van der Waals surface area contributed by atoms with Crippen molar-refractivity contribution < 1.29 is 19.1 Å². The van der Waals surface area contributed by atoms with Crippen LogP contribution < -0.4 is 10.1 Å². The van der Waals surface area contributed by atoms with E-state index < -0.39 is 18.0 Å². The summed E-state index contributed by atoms with van der Waals surface area (Å²) in [6, 6.07) is 17.6. The van der Waals surface area contributed by atoms with Crippen molar-refractivity contribution in [3.05, 3.63) is 60.2 Å². The summed E-state index contributed by atoms with van der Waals surface area (Å²) in [4.78, 5) is 23.3. The molecule has 6 nitrogen and oxygen atoms in total. The fourth-order valence-corrected chi connectivity index (χ4v) is 1.82. The van der Waals surface area contributed by atoms with Crippen molar-refractivity contribution in [2.75, 3.05) is 6.54 Å². The second-order valence-corrected chi connectivity index (χ2v) is 4.88. The fourth-order valence-electron chi connectivity index (χ4n) is 1.82. The smallest absolute Gasteiger partial charge is 0.326 e. The molecule has 0 saturated heterocycles. The van der Waals surface area contributed by atoms with Crippen molar-refractivity contribution >= 4 is 11.9 Å². The first kappa shape index (κ1) is 17.0. The molecule has 0 aliphatic heterocycles. The van der Waals surface area contributed by atoms with Crippen molar-refractivity contribution in [3.63, 3.8) is 0 Å². The van der Waals surface area contributed by atoms with Crippen LogP contribution in [-0.2, 0) is 9.53 Å². The maximum Gasteiger partial charge on any atom is 0.326 e. The van der Waals surface area contributed by atoms with Crippen LogP contribution in [0.3, 0.4) is 0 Å². The number of nitrogens with one attached hydrogen (secondary N) is 1. The summed E-state index contributed by atoms with van der Waals surface area (Å²) in [5.74, 6) is 0.216. The van der Waals surface area contributed by atoms with Crippen LogP contribution in [0.2, 0.25) is 0 Å². The highest BCUT2D eigenvalue weighted by Gasteiger charge is 2.11. The predicted molar refractivity (Wildman–Crippen MR) is 86.5 cm³/mol. The molecule has 0 radical (unpaired) electrons. The Bertz CT molecular complexity index is 736. The molecule has 0 spiro atoms. The molecular formula is C18H16N2O4. The highest BCUT2D eigenvalue weighted by molar-refractivity contribution is 5.96. The number of hydrogen-bond donors (Lipinski definition) is 1. The minimum atomic E-state index is -0.844. The summed E-state index contributed by atoms with van der Waals surface area (Å²) in [5.41, 5.74) is 0.386. The lowest BCUT2D eigenvalue weighted by molar-refractivity contribution is -0.144. The number of rotatable bonds is 6. The molecule has 1 atom stereocenters. The van der Waals surface area contributed by atoms with E-state index >= 15 is 0 Å². The Kier molecular flexibility index (Phi) is 5.92. The molecule has 1 amide bonds. The number of para-hydroxylation sites is 1. The van der Waals surface area contributed by atoms with Crippen molar-refractivity contribution in [1.82, 2.24) is 5.32 Å². The molecule has 24 heavy (non-hydrogen) atoms. The third-order valence-corrected chi connectivity index (χ3v) is 2.98. The summed E-state index contributed by atoms with van der Waals surface area (Å²) >= 11 is 0. The number of esters is 1. The number of benzene rings is 2. The Labute approximate surface area is 139 Å². The molecule has 0 aliphatic rings. The third-order valence-electron chi connectivity index (χ3n) is 2.98. The van der Waals surface area contributed by atoms with Gasteiger partial charge in [-0.3, -0.25) is 9.59 Å². The molecule has 0 heterocycles. The fraction of sp³-hybridized carbons (Fsp3) is 0.167. The van der Waals surface area contributed by atoms with Gasteiger partial charge >= 0.3 is 5.97 Å². The summed E-state index contributed by atoms with van der Waals surface area (Å²) in [7, 11) is 0. The van der Waals surface area contributed by atoms with Gasteiger partial charge in [-0.25, -0.2) is 0 Å². The molecule has 0 fully saturated rings. The lowest BCUT2D eigenvalue weighted by Gasteiger charge is -2.08. The molecule has 6 heteroatoms. The Morgan fingerprint density at radius 3 is 2.33 bits per heavy atom. The number of nitriles is 1. The summed E-state index contributed by atoms with van der Waals surface area (Å²) < 4.78 is 10.4. The first-order valence-corrected chi connectivity index (χ1v) is 7.29. The van der Waals surface area contributed by atoms with E-state index in [1.165, 1.54) is 6.92 Å². The number of hydrogen-bond acceptors (Lipinski definition) is 5. The van der Waals surface area contributed by atoms with Crippen molar-refractivity contribution in [2.24, 2.45) is 0 Å². The second-order valence-electron chi connectivity index (χ2n) is 4.88. The minimum Gasteiger partial charge on any atom is -0.457 e. The van der Waals surface area contributed by atoms with Gasteiger partial charge in [-0.05, 0) is 43.3 Å². The largest absolute Gasteiger partial charge is 0.457 e. The maximum atomic E-state index is 11.9. The van der Waals surface area contributed by atoms with Gasteiger partial charge in [0.25, 0.3) is 5.91 Å². The number of carbonyl (C=O) groups is 2. The van der Waals surface area contributed by atoms with E-state index in [4.69, 9.17) is 14.7 Å². The lowest BCUT2D eigenvalue weighted by Crippen LogP contribution is -2.31. The SMILES string of the molecule is C[C@H](C#N)OC(=O)CNC(=O)c1ccc(Oc2ccccc2)cc1. The highest BCUT2D eigenvalue weighted by Crippen LogP contribution is 2.21. The molecular weight excluding hydrogens is 308 g/mol. The zero-order valence-corrected chi connectivity index (χ0v) is 13.1. The molecule has 122 valence electrons. The zero-order chi connectivity index (χ0) is 17.4. The number of nitrogens with zero attached hydrogens (tertiary/aromatic N) is 1. The Morgan fingerprint density at radius 2 is 1.71 bits per heavy atom. The Morgan fingerprint density at radius 1 is 1.08 bits per heavy atom. The van der Waals surface area contributed by atoms with Crippen LogP contribution in [0.25, 0.3) is 0 Å². The first-order chi connectivity index (χ1) is 11.6. The van der Waals surface area contributed by atoms with Gasteiger partial charge < -0.3 is 14.8 Å². The molecule has 0 aliphatic carbocycles. The highest BCUT2D eigenvalue weighted by atomic mass is 16.5. The van der Waals surface area contributed by atoms with Gasteiger partial charge in [0.05, 0.1) is 0 Å². The third kappa shape index (κ3) is 5.14. The average Bonchev–Trinajstić information content (AvgIpc) is 2.61. The number of amides is 1. The standard InChI is InChI=1S/C18H16N2O4/c1-13(11-19)23-17(21)12-20-18(22)14-7-9-16(10-8-14)24-15-5-3-2-4-6-15/h2-10,13H,12H2,1H3,(H,20,22)/t13-/m1/s1. The molecule has 2 aromatic carbocycles. The Hall–Kier alpha value is -3.33. The monoisotopic (exact) mass is 324 g/mol. The van der Waals surface area contributed by atoms with Gasteiger partial charge in [0.1, 0.15) is 24.1 Å². The van der Waals surface area contributed by atoms with Crippen LogP contribution in [0, 0.1) is 11.3 Å². The van der Waals surface area contributed by atoms with Gasteiger partial charge in [0.2, 0.25) is 0 Å². The van der Waals surface area contributed by atoms with Crippen LogP contribution in [0.15, 0.2) is 54.6 Å². The average molecular weight is 324 g/mol. The van der Waals surface area contributed by atoms with Crippen molar-refractivity contribution in [3.8, 4) is 17.6 Å². The van der Waals surface area contributed by atoms with Gasteiger partial charge in [0, 0.05) is 5.56 Å². The normalized spacial score (nSPS) is 11.0. The molecule has 1 N–H and O–H groups in total. The summed E-state index contributed by atoms with van der Waals surface area (Å²) in [5, 5.41) is 11.0. The zero-order valence-electron chi connectivity index (χ0n) is 13.1. The minimum absolute atomic E-state index is 0.298. The van der Waals surface area contributed by atoms with E-state index in [0.29, 0.717) is 17.1 Å². The van der Waals surface area contributed by atoms with Crippen LogP contribution >= 0.6 is 0 Å². The van der Waals surface area contributed by atoms with Crippen molar-refractivity contribution in [1.29, 1.82) is 5.26 Å². The number of ether oxygens (including phenoxy) is 2. The molecule has 0 bridgehead atoms. The van der Waals surface area contributed by atoms with Gasteiger partial charge in [-0.2, -0.15) is 5.26 Å². The van der Waals surface area contributed by atoms with Gasteiger partial charge in [-0.15, -0.1) is 0 Å². The first-order valence-electron chi connectivity index (χ1n) is 7.29. The van der Waals surface area contributed by atoms with E-state index in [2.05, 4.69) is 5.32 Å². The lowest BCUT2D eigenvalue weighted by atomic mass is 10.2. The van der Waals surface area contributed by atoms with Crippen molar-refractivity contribution in [2.45, 2.75) is 13.0 Å². The quantitative estimate of drug-likeness (QED) is 0.825. The molecule has 0 aromatic heterocycles. The molecule has 2 rings (SSSR count). The second kappa shape index (κ2) is 8.34. The number of carbonyl (C=O) groups excluding carboxylic acids is 2. The molecule has 0 saturated carbocycles. The molecule has 0 unspecified atom stereocenters. The summed E-state index contributed by atoms with van der Waals surface area (Å²) in [6.07, 6.45) is -0.844. The van der Waals surface area contributed by atoms with E-state index in [0.717, 1.165) is 0 Å². The van der Waals surface area contributed by atoms with Crippen LogP contribution in [0.4, 0.5) is 0 Å². The van der Waals surface area contributed by atoms with E-state index in [-0.39, 0.29) is 6.54 Å².